The van der Waals surface area contributed by atoms with E-state index in [0.29, 0.717) is 23.7 Å². The van der Waals surface area contributed by atoms with Crippen molar-refractivity contribution in [3.8, 4) is 0 Å². The lowest BCUT2D eigenvalue weighted by atomic mass is 9.94. The number of nitrogens with one attached hydrogen (secondary N) is 2. The van der Waals surface area contributed by atoms with Crippen LogP contribution in [0.5, 0.6) is 0 Å². The average Bonchev–Trinajstić information content (AvgIpc) is 3.12. The van der Waals surface area contributed by atoms with E-state index >= 15 is 0 Å². The number of amides is 3. The Labute approximate surface area is 166 Å². The third-order valence-corrected chi connectivity index (χ3v) is 5.38. The molecular weight excluding hydrogens is 352 g/mol. The summed E-state index contributed by atoms with van der Waals surface area (Å²) in [4.78, 5) is 25.9. The summed E-state index contributed by atoms with van der Waals surface area (Å²) in [5.74, 6) is 0.0508. The monoisotopic (exact) mass is 380 g/mol. The molecule has 1 aliphatic rings. The van der Waals surface area contributed by atoms with Crippen molar-refractivity contribution < 1.29 is 9.59 Å². The van der Waals surface area contributed by atoms with Crippen molar-refractivity contribution in [3.05, 3.63) is 64.7 Å². The van der Waals surface area contributed by atoms with Gasteiger partial charge in [0.15, 0.2) is 0 Å². The van der Waals surface area contributed by atoms with Gasteiger partial charge in [-0.3, -0.25) is 4.79 Å². The number of rotatable bonds is 6. The van der Waals surface area contributed by atoms with Crippen LogP contribution in [0.25, 0.3) is 0 Å². The van der Waals surface area contributed by atoms with Gasteiger partial charge in [-0.25, -0.2) is 4.79 Å². The SMILES string of the molecule is Cc1ccc(C(N)=O)cc1NC(=O)NCCN1CC[C@H](c2ccccc2C)C1. The van der Waals surface area contributed by atoms with E-state index in [1.165, 1.54) is 11.1 Å². The molecule has 0 spiro atoms. The minimum atomic E-state index is -0.513. The van der Waals surface area contributed by atoms with Crippen molar-refractivity contribution >= 4 is 17.6 Å². The number of carbonyl (C=O) groups is 2. The van der Waals surface area contributed by atoms with Gasteiger partial charge in [-0.05, 0) is 61.6 Å². The number of nitrogens with two attached hydrogens (primary N) is 1. The predicted octanol–water partition coefficient (Wildman–Crippen LogP) is 3.01. The molecule has 0 aromatic heterocycles. The summed E-state index contributed by atoms with van der Waals surface area (Å²) >= 11 is 0. The second-order valence-corrected chi connectivity index (χ2v) is 7.42. The van der Waals surface area contributed by atoms with Crippen molar-refractivity contribution in [3.63, 3.8) is 0 Å². The van der Waals surface area contributed by atoms with Crippen LogP contribution in [-0.2, 0) is 0 Å². The van der Waals surface area contributed by atoms with E-state index in [-0.39, 0.29) is 6.03 Å². The molecule has 1 fully saturated rings. The van der Waals surface area contributed by atoms with Crippen LogP contribution < -0.4 is 16.4 Å². The van der Waals surface area contributed by atoms with E-state index in [1.54, 1.807) is 18.2 Å². The van der Waals surface area contributed by atoms with Crippen LogP contribution in [0.3, 0.4) is 0 Å². The fraction of sp³-hybridized carbons (Fsp3) is 0.364. The Bertz CT molecular complexity index is 865. The smallest absolute Gasteiger partial charge is 0.319 e. The van der Waals surface area contributed by atoms with Crippen molar-refractivity contribution in [2.24, 2.45) is 5.73 Å². The Morgan fingerprint density at radius 2 is 1.93 bits per heavy atom. The van der Waals surface area contributed by atoms with Crippen LogP contribution in [0.2, 0.25) is 0 Å². The molecule has 3 amide bonds. The van der Waals surface area contributed by atoms with Gasteiger partial charge in [0.1, 0.15) is 0 Å². The lowest BCUT2D eigenvalue weighted by Crippen LogP contribution is -2.36. The summed E-state index contributed by atoms with van der Waals surface area (Å²) in [5, 5.41) is 5.69. The van der Waals surface area contributed by atoms with Crippen molar-refractivity contribution in [2.45, 2.75) is 26.2 Å². The molecule has 2 aromatic rings. The number of hydrogen-bond donors (Lipinski definition) is 3. The highest BCUT2D eigenvalue weighted by molar-refractivity contribution is 5.96. The Morgan fingerprint density at radius 1 is 1.14 bits per heavy atom. The molecule has 0 bridgehead atoms. The van der Waals surface area contributed by atoms with Gasteiger partial charge in [-0.15, -0.1) is 0 Å². The van der Waals surface area contributed by atoms with Crippen LogP contribution in [-0.4, -0.2) is 43.0 Å². The lowest BCUT2D eigenvalue weighted by Gasteiger charge is -2.18. The number of carbonyl (C=O) groups excluding carboxylic acids is 2. The fourth-order valence-electron chi connectivity index (χ4n) is 3.74. The van der Waals surface area contributed by atoms with Gasteiger partial charge in [0.05, 0.1) is 0 Å². The van der Waals surface area contributed by atoms with Gasteiger partial charge in [-0.2, -0.15) is 0 Å². The Morgan fingerprint density at radius 3 is 2.68 bits per heavy atom. The van der Waals surface area contributed by atoms with E-state index in [4.69, 9.17) is 5.73 Å². The molecule has 3 rings (SSSR count). The predicted molar refractivity (Wildman–Crippen MR) is 112 cm³/mol. The molecule has 1 saturated heterocycles. The first-order chi connectivity index (χ1) is 13.4. The molecule has 0 radical (unpaired) electrons. The minimum Gasteiger partial charge on any atom is -0.366 e. The molecule has 148 valence electrons. The summed E-state index contributed by atoms with van der Waals surface area (Å²) in [6.45, 7) is 7.49. The summed E-state index contributed by atoms with van der Waals surface area (Å²) in [7, 11) is 0. The normalized spacial score (nSPS) is 16.7. The summed E-state index contributed by atoms with van der Waals surface area (Å²) in [5.41, 5.74) is 9.93. The van der Waals surface area contributed by atoms with E-state index in [2.05, 4.69) is 46.7 Å². The molecule has 0 unspecified atom stereocenters. The molecule has 1 heterocycles. The molecule has 1 atom stereocenters. The Kier molecular flexibility index (Phi) is 6.31. The van der Waals surface area contributed by atoms with Crippen molar-refractivity contribution in [1.29, 1.82) is 0 Å². The third kappa shape index (κ3) is 4.89. The van der Waals surface area contributed by atoms with Gasteiger partial charge < -0.3 is 21.3 Å². The molecule has 6 heteroatoms. The Hall–Kier alpha value is -2.86. The molecule has 4 N–H and O–H groups in total. The quantitative estimate of drug-likeness (QED) is 0.720. The number of urea groups is 1. The number of nitrogens with zero attached hydrogens (tertiary/aromatic N) is 1. The van der Waals surface area contributed by atoms with Gasteiger partial charge in [0.25, 0.3) is 0 Å². The summed E-state index contributed by atoms with van der Waals surface area (Å²) in [6, 6.07) is 13.3. The number of benzene rings is 2. The molecular formula is C22H28N4O2. The maximum absolute atomic E-state index is 12.2. The molecule has 28 heavy (non-hydrogen) atoms. The largest absolute Gasteiger partial charge is 0.366 e. The zero-order chi connectivity index (χ0) is 20.1. The van der Waals surface area contributed by atoms with E-state index in [9.17, 15) is 9.59 Å². The minimum absolute atomic E-state index is 0.278. The number of hydrogen-bond acceptors (Lipinski definition) is 3. The second kappa shape index (κ2) is 8.89. The molecule has 0 saturated carbocycles. The first kappa shape index (κ1) is 19.9. The van der Waals surface area contributed by atoms with E-state index in [1.807, 2.05) is 6.92 Å². The standard InChI is InChI=1S/C22H28N4O2/c1-15-5-3-4-6-19(15)18-9-11-26(14-18)12-10-24-22(28)25-20-13-17(21(23)27)8-7-16(20)2/h3-8,13,18H,9-12,14H2,1-2H3,(H2,23,27)(H2,24,25,28)/t18-/m0/s1. The maximum atomic E-state index is 12.2. The van der Waals surface area contributed by atoms with Crippen LogP contribution in [0.15, 0.2) is 42.5 Å². The van der Waals surface area contributed by atoms with E-state index < -0.39 is 5.91 Å². The van der Waals surface area contributed by atoms with E-state index in [0.717, 1.165) is 31.6 Å². The maximum Gasteiger partial charge on any atom is 0.319 e. The molecule has 1 aliphatic heterocycles. The summed E-state index contributed by atoms with van der Waals surface area (Å²) in [6.07, 6.45) is 1.15. The van der Waals surface area contributed by atoms with Crippen LogP contribution >= 0.6 is 0 Å². The second-order valence-electron chi connectivity index (χ2n) is 7.42. The molecule has 0 aliphatic carbocycles. The highest BCUT2D eigenvalue weighted by Crippen LogP contribution is 2.28. The fourth-order valence-corrected chi connectivity index (χ4v) is 3.74. The lowest BCUT2D eigenvalue weighted by molar-refractivity contribution is 0.1000. The van der Waals surface area contributed by atoms with Gasteiger partial charge in [-0.1, -0.05) is 30.3 Å². The highest BCUT2D eigenvalue weighted by Gasteiger charge is 2.24. The van der Waals surface area contributed by atoms with Crippen molar-refractivity contribution in [2.75, 3.05) is 31.5 Å². The number of likely N-dealkylation sites (tertiary alicyclic amines) is 1. The number of primary amides is 1. The molecule has 6 nitrogen and oxygen atoms in total. The zero-order valence-corrected chi connectivity index (χ0v) is 16.5. The van der Waals surface area contributed by atoms with Gasteiger partial charge >= 0.3 is 6.03 Å². The van der Waals surface area contributed by atoms with Gasteiger partial charge in [0.2, 0.25) is 5.91 Å². The van der Waals surface area contributed by atoms with Crippen LogP contribution in [0, 0.1) is 13.8 Å². The average molecular weight is 380 g/mol. The van der Waals surface area contributed by atoms with Crippen LogP contribution in [0.4, 0.5) is 10.5 Å². The molecule has 2 aromatic carbocycles. The third-order valence-electron chi connectivity index (χ3n) is 5.38. The Balaban J connectivity index is 1.46. The first-order valence-corrected chi connectivity index (χ1v) is 9.67. The first-order valence-electron chi connectivity index (χ1n) is 9.67. The zero-order valence-electron chi connectivity index (χ0n) is 16.5. The van der Waals surface area contributed by atoms with Gasteiger partial charge in [0, 0.05) is 30.9 Å². The van der Waals surface area contributed by atoms with Crippen LogP contribution in [0.1, 0.15) is 39.4 Å². The summed E-state index contributed by atoms with van der Waals surface area (Å²) < 4.78 is 0. The number of anilines is 1. The topological polar surface area (TPSA) is 87.5 Å². The van der Waals surface area contributed by atoms with Crippen molar-refractivity contribution in [1.82, 2.24) is 10.2 Å². The number of aryl methyl sites for hydroxylation is 2. The highest BCUT2D eigenvalue weighted by atomic mass is 16.2.